The van der Waals surface area contributed by atoms with Crippen molar-refractivity contribution < 1.29 is 9.53 Å². The van der Waals surface area contributed by atoms with E-state index in [0.717, 1.165) is 57.8 Å². The molecule has 6 heteroatoms. The van der Waals surface area contributed by atoms with Crippen LogP contribution in [-0.2, 0) is 9.53 Å². The van der Waals surface area contributed by atoms with Crippen molar-refractivity contribution in [2.24, 2.45) is 4.99 Å². The van der Waals surface area contributed by atoms with Gasteiger partial charge in [0.2, 0.25) is 5.91 Å². The zero-order valence-electron chi connectivity index (χ0n) is 18.3. The number of rotatable bonds is 12. The molecule has 0 aromatic heterocycles. The Morgan fingerprint density at radius 2 is 2.03 bits per heavy atom. The van der Waals surface area contributed by atoms with E-state index in [9.17, 15) is 4.79 Å². The van der Waals surface area contributed by atoms with Crippen molar-refractivity contribution in [3.05, 3.63) is 35.9 Å². The number of carbonyl (C=O) groups is 1. The molecule has 2 unspecified atom stereocenters. The van der Waals surface area contributed by atoms with Crippen LogP contribution in [0.5, 0.6) is 0 Å². The highest BCUT2D eigenvalue weighted by Crippen LogP contribution is 2.18. The van der Waals surface area contributed by atoms with Crippen LogP contribution in [0.3, 0.4) is 0 Å². The first kappa shape index (κ1) is 23.2. The van der Waals surface area contributed by atoms with Gasteiger partial charge in [-0.2, -0.15) is 0 Å². The highest BCUT2D eigenvalue weighted by molar-refractivity contribution is 5.80. The van der Waals surface area contributed by atoms with Gasteiger partial charge in [0, 0.05) is 45.2 Å². The summed E-state index contributed by atoms with van der Waals surface area (Å²) in [6, 6.07) is 10.6. The van der Waals surface area contributed by atoms with E-state index in [-0.39, 0.29) is 6.10 Å². The number of nitrogens with one attached hydrogen (secondary N) is 2. The number of carbonyl (C=O) groups excluding carboxylic acids is 1. The average Bonchev–Trinajstić information content (AvgIpc) is 3.17. The van der Waals surface area contributed by atoms with E-state index < -0.39 is 0 Å². The maximum atomic E-state index is 12.0. The fourth-order valence-corrected chi connectivity index (χ4v) is 3.67. The van der Waals surface area contributed by atoms with E-state index in [1.807, 2.05) is 18.2 Å². The summed E-state index contributed by atoms with van der Waals surface area (Å²) >= 11 is 0. The minimum Gasteiger partial charge on any atom is -0.374 e. The molecule has 6 nitrogen and oxygen atoms in total. The molecule has 0 saturated carbocycles. The second kappa shape index (κ2) is 13.2. The van der Waals surface area contributed by atoms with E-state index in [1.165, 1.54) is 5.56 Å². The molecule has 2 rings (SSSR count). The Labute approximate surface area is 176 Å². The fraction of sp³-hybridized carbons (Fsp3) is 0.652. The molecule has 2 atom stereocenters. The molecule has 1 fully saturated rings. The van der Waals surface area contributed by atoms with Crippen molar-refractivity contribution in [3.8, 4) is 0 Å². The van der Waals surface area contributed by atoms with Gasteiger partial charge in [0.05, 0.1) is 6.10 Å². The van der Waals surface area contributed by atoms with Crippen LogP contribution >= 0.6 is 0 Å². The van der Waals surface area contributed by atoms with Crippen LogP contribution in [-0.4, -0.2) is 55.6 Å². The number of likely N-dealkylation sites (tertiary alicyclic amines) is 1. The minimum absolute atomic E-state index is 0.103. The third-order valence-corrected chi connectivity index (χ3v) is 5.35. The van der Waals surface area contributed by atoms with E-state index in [0.29, 0.717) is 25.0 Å². The van der Waals surface area contributed by atoms with Gasteiger partial charge in [0.25, 0.3) is 0 Å². The normalized spacial score (nSPS) is 16.7. The van der Waals surface area contributed by atoms with Gasteiger partial charge in [0.1, 0.15) is 0 Å². The first-order valence-electron chi connectivity index (χ1n) is 11.1. The molecule has 0 radical (unpaired) electrons. The predicted molar refractivity (Wildman–Crippen MR) is 119 cm³/mol. The zero-order valence-corrected chi connectivity index (χ0v) is 18.3. The van der Waals surface area contributed by atoms with Crippen LogP contribution in [0.2, 0.25) is 0 Å². The number of guanidine groups is 1. The molecular formula is C23H38N4O2. The lowest BCUT2D eigenvalue weighted by atomic mass is 10.1. The second-order valence-electron chi connectivity index (χ2n) is 7.51. The van der Waals surface area contributed by atoms with Crippen molar-refractivity contribution in [3.63, 3.8) is 0 Å². The van der Waals surface area contributed by atoms with Crippen molar-refractivity contribution in [2.45, 2.75) is 65.0 Å². The second-order valence-corrected chi connectivity index (χ2v) is 7.51. The van der Waals surface area contributed by atoms with Gasteiger partial charge in [-0.3, -0.25) is 9.79 Å². The standard InChI is InChI=1S/C23H38N4O2/c1-4-21(27-17-9-13-22(27)28)14-16-26-23(24-5-2)25-15-10-18-29-19(3)20-11-7-6-8-12-20/h6-8,11-12,19,21H,4-5,9-10,13-18H2,1-3H3,(H2,24,25,26). The maximum absolute atomic E-state index is 12.0. The highest BCUT2D eigenvalue weighted by Gasteiger charge is 2.26. The van der Waals surface area contributed by atoms with E-state index >= 15 is 0 Å². The number of aliphatic imine (C=N–C) groups is 1. The lowest BCUT2D eigenvalue weighted by Gasteiger charge is -2.27. The number of hydrogen-bond acceptors (Lipinski definition) is 3. The van der Waals surface area contributed by atoms with Crippen LogP contribution in [0.25, 0.3) is 0 Å². The highest BCUT2D eigenvalue weighted by atomic mass is 16.5. The SMILES string of the molecule is CCNC(=NCCCOC(C)c1ccccc1)NCCC(CC)N1CCCC1=O. The summed E-state index contributed by atoms with van der Waals surface area (Å²) < 4.78 is 5.92. The van der Waals surface area contributed by atoms with Gasteiger partial charge in [-0.1, -0.05) is 37.3 Å². The molecule has 0 spiro atoms. The first-order chi connectivity index (χ1) is 14.2. The topological polar surface area (TPSA) is 66.0 Å². The predicted octanol–water partition coefficient (Wildman–Crippen LogP) is 3.50. The molecule has 2 N–H and O–H groups in total. The smallest absolute Gasteiger partial charge is 0.222 e. The molecule has 0 aliphatic carbocycles. The summed E-state index contributed by atoms with van der Waals surface area (Å²) in [7, 11) is 0. The molecule has 0 bridgehead atoms. The number of hydrogen-bond donors (Lipinski definition) is 2. The summed E-state index contributed by atoms with van der Waals surface area (Å²) in [5.41, 5.74) is 1.20. The molecule has 162 valence electrons. The Balaban J connectivity index is 1.68. The summed E-state index contributed by atoms with van der Waals surface area (Å²) in [5.74, 6) is 1.15. The van der Waals surface area contributed by atoms with Gasteiger partial charge in [0.15, 0.2) is 5.96 Å². The molecule has 1 saturated heterocycles. The number of benzene rings is 1. The third-order valence-electron chi connectivity index (χ3n) is 5.35. The van der Waals surface area contributed by atoms with Gasteiger partial charge in [-0.25, -0.2) is 0 Å². The van der Waals surface area contributed by atoms with Crippen molar-refractivity contribution in [2.75, 3.05) is 32.8 Å². The Bertz CT molecular complexity index is 621. The molecule has 1 aromatic rings. The molecule has 1 aliphatic heterocycles. The summed E-state index contributed by atoms with van der Waals surface area (Å²) in [6.45, 7) is 10.3. The first-order valence-corrected chi connectivity index (χ1v) is 11.1. The summed E-state index contributed by atoms with van der Waals surface area (Å²) in [4.78, 5) is 18.7. The third kappa shape index (κ3) is 8.05. The van der Waals surface area contributed by atoms with Gasteiger partial charge in [-0.15, -0.1) is 0 Å². The number of amides is 1. The zero-order chi connectivity index (χ0) is 20.9. The molecule has 1 heterocycles. The molecule has 1 aromatic carbocycles. The lowest BCUT2D eigenvalue weighted by molar-refractivity contribution is -0.129. The Hall–Kier alpha value is -2.08. The summed E-state index contributed by atoms with van der Waals surface area (Å²) in [6.07, 6.45) is 4.64. The van der Waals surface area contributed by atoms with Gasteiger partial charge in [-0.05, 0) is 45.1 Å². The van der Waals surface area contributed by atoms with Gasteiger partial charge >= 0.3 is 0 Å². The van der Waals surface area contributed by atoms with Crippen molar-refractivity contribution in [1.82, 2.24) is 15.5 Å². The van der Waals surface area contributed by atoms with Crippen LogP contribution in [0.4, 0.5) is 0 Å². The minimum atomic E-state index is 0.103. The quantitative estimate of drug-likeness (QED) is 0.319. The van der Waals surface area contributed by atoms with Crippen LogP contribution in [0.15, 0.2) is 35.3 Å². The van der Waals surface area contributed by atoms with Crippen LogP contribution in [0.1, 0.15) is 64.5 Å². The maximum Gasteiger partial charge on any atom is 0.222 e. The van der Waals surface area contributed by atoms with E-state index in [2.05, 4.69) is 53.4 Å². The molecule has 29 heavy (non-hydrogen) atoms. The average molecular weight is 403 g/mol. The molecule has 1 amide bonds. The van der Waals surface area contributed by atoms with E-state index in [4.69, 9.17) is 4.74 Å². The Morgan fingerprint density at radius 3 is 2.69 bits per heavy atom. The molecular weight excluding hydrogens is 364 g/mol. The van der Waals surface area contributed by atoms with Crippen LogP contribution < -0.4 is 10.6 Å². The monoisotopic (exact) mass is 402 g/mol. The number of ether oxygens (including phenoxy) is 1. The van der Waals surface area contributed by atoms with Gasteiger partial charge < -0.3 is 20.3 Å². The Morgan fingerprint density at radius 1 is 1.24 bits per heavy atom. The van der Waals surface area contributed by atoms with Crippen molar-refractivity contribution >= 4 is 11.9 Å². The molecule has 1 aliphatic rings. The fourth-order valence-electron chi connectivity index (χ4n) is 3.67. The lowest BCUT2D eigenvalue weighted by Crippen LogP contribution is -2.42. The Kier molecular flexibility index (Phi) is 10.6. The van der Waals surface area contributed by atoms with E-state index in [1.54, 1.807) is 0 Å². The number of nitrogens with zero attached hydrogens (tertiary/aromatic N) is 2. The largest absolute Gasteiger partial charge is 0.374 e. The van der Waals surface area contributed by atoms with Crippen LogP contribution in [0, 0.1) is 0 Å². The summed E-state index contributed by atoms with van der Waals surface area (Å²) in [5, 5.41) is 6.71. The van der Waals surface area contributed by atoms with Crippen molar-refractivity contribution in [1.29, 1.82) is 0 Å².